The van der Waals surface area contributed by atoms with Crippen LogP contribution in [0.1, 0.15) is 26.5 Å². The van der Waals surface area contributed by atoms with Crippen LogP contribution in [0.3, 0.4) is 0 Å². The van der Waals surface area contributed by atoms with E-state index in [0.717, 1.165) is 0 Å². The maximum Gasteiger partial charge on any atom is 0.257 e. The highest BCUT2D eigenvalue weighted by molar-refractivity contribution is 6.33. The largest absolute Gasteiger partial charge is 0.360 e. The standard InChI is InChI=1S/C19H14ClFN2O3/c1-11-16(18(23-26-11)17-13(20)8-5-9-14(17)21)19(25)22-10-15(24)12-6-3-2-4-7-12/h2-9H,10H2,1H3,(H,22,25). The molecule has 5 nitrogen and oxygen atoms in total. The maximum absolute atomic E-state index is 14.2. The Morgan fingerprint density at radius 2 is 1.88 bits per heavy atom. The van der Waals surface area contributed by atoms with Gasteiger partial charge < -0.3 is 9.84 Å². The third-order valence-electron chi connectivity index (χ3n) is 3.79. The number of Topliss-reactive ketones (excluding diaryl/α,β-unsaturated/α-hetero) is 1. The number of halogens is 2. The number of hydrogen-bond acceptors (Lipinski definition) is 4. The van der Waals surface area contributed by atoms with Crippen LogP contribution in [0.15, 0.2) is 53.1 Å². The van der Waals surface area contributed by atoms with Crippen molar-refractivity contribution in [3.05, 3.63) is 76.3 Å². The van der Waals surface area contributed by atoms with Gasteiger partial charge >= 0.3 is 0 Å². The number of hydrogen-bond donors (Lipinski definition) is 1. The molecular weight excluding hydrogens is 359 g/mol. The van der Waals surface area contributed by atoms with Crippen LogP contribution in [0.25, 0.3) is 11.3 Å². The van der Waals surface area contributed by atoms with Gasteiger partial charge in [-0.25, -0.2) is 4.39 Å². The lowest BCUT2D eigenvalue weighted by atomic mass is 10.0. The molecular formula is C19H14ClFN2O3. The van der Waals surface area contributed by atoms with Crippen LogP contribution in [-0.2, 0) is 0 Å². The molecule has 1 N–H and O–H groups in total. The zero-order chi connectivity index (χ0) is 18.7. The van der Waals surface area contributed by atoms with Gasteiger partial charge in [-0.3, -0.25) is 9.59 Å². The first-order valence-corrected chi connectivity index (χ1v) is 8.14. The van der Waals surface area contributed by atoms with Crippen LogP contribution in [0.4, 0.5) is 4.39 Å². The van der Waals surface area contributed by atoms with E-state index < -0.39 is 11.7 Å². The average Bonchev–Trinajstić information content (AvgIpc) is 3.01. The molecule has 0 aliphatic heterocycles. The van der Waals surface area contributed by atoms with Crippen molar-refractivity contribution in [1.29, 1.82) is 0 Å². The summed E-state index contributed by atoms with van der Waals surface area (Å²) < 4.78 is 19.2. The van der Waals surface area contributed by atoms with Crippen molar-refractivity contribution in [3.8, 4) is 11.3 Å². The summed E-state index contributed by atoms with van der Waals surface area (Å²) in [7, 11) is 0. The molecule has 3 aromatic rings. The highest BCUT2D eigenvalue weighted by Gasteiger charge is 2.25. The molecule has 0 bridgehead atoms. The van der Waals surface area contributed by atoms with Gasteiger partial charge in [0.1, 0.15) is 22.8 Å². The Hall–Kier alpha value is -2.99. The molecule has 0 aliphatic rings. The number of aromatic nitrogens is 1. The molecule has 1 amide bonds. The molecule has 0 saturated heterocycles. The first kappa shape index (κ1) is 17.8. The number of amides is 1. The Morgan fingerprint density at radius 3 is 2.58 bits per heavy atom. The number of rotatable bonds is 5. The van der Waals surface area contributed by atoms with E-state index in [1.54, 1.807) is 30.3 Å². The predicted molar refractivity (Wildman–Crippen MR) is 94.7 cm³/mol. The normalized spacial score (nSPS) is 10.6. The van der Waals surface area contributed by atoms with Gasteiger partial charge in [0.2, 0.25) is 0 Å². The second-order valence-corrected chi connectivity index (χ2v) is 5.94. The number of ketones is 1. The van der Waals surface area contributed by atoms with Crippen molar-refractivity contribution < 1.29 is 18.5 Å². The topological polar surface area (TPSA) is 72.2 Å². The summed E-state index contributed by atoms with van der Waals surface area (Å²) in [4.78, 5) is 24.7. The summed E-state index contributed by atoms with van der Waals surface area (Å²) in [5.74, 6) is -1.27. The van der Waals surface area contributed by atoms with Crippen LogP contribution < -0.4 is 5.32 Å². The smallest absolute Gasteiger partial charge is 0.257 e. The molecule has 7 heteroatoms. The highest BCUT2D eigenvalue weighted by atomic mass is 35.5. The van der Waals surface area contributed by atoms with E-state index in [4.69, 9.17) is 16.1 Å². The van der Waals surface area contributed by atoms with Gasteiger partial charge in [0.05, 0.1) is 17.1 Å². The molecule has 1 aromatic heterocycles. The van der Waals surface area contributed by atoms with Crippen LogP contribution in [0, 0.1) is 12.7 Å². The number of carbonyl (C=O) groups is 2. The molecule has 0 radical (unpaired) electrons. The Bertz CT molecular complexity index is 950. The molecule has 3 rings (SSSR count). The monoisotopic (exact) mass is 372 g/mol. The number of aryl methyl sites for hydroxylation is 1. The minimum Gasteiger partial charge on any atom is -0.360 e. The van der Waals surface area contributed by atoms with Crippen LogP contribution in [0.5, 0.6) is 0 Å². The number of carbonyl (C=O) groups excluding carboxylic acids is 2. The van der Waals surface area contributed by atoms with Crippen molar-refractivity contribution in [2.45, 2.75) is 6.92 Å². The molecule has 1 heterocycles. The van der Waals surface area contributed by atoms with Crippen LogP contribution >= 0.6 is 11.6 Å². The molecule has 2 aromatic carbocycles. The molecule has 26 heavy (non-hydrogen) atoms. The Morgan fingerprint density at radius 1 is 1.15 bits per heavy atom. The van der Waals surface area contributed by atoms with E-state index in [9.17, 15) is 14.0 Å². The van der Waals surface area contributed by atoms with Gasteiger partial charge in [0.15, 0.2) is 5.78 Å². The molecule has 0 unspecified atom stereocenters. The van der Waals surface area contributed by atoms with E-state index in [-0.39, 0.29) is 39.9 Å². The zero-order valence-corrected chi connectivity index (χ0v) is 14.5. The van der Waals surface area contributed by atoms with Gasteiger partial charge in [0, 0.05) is 5.56 Å². The molecule has 0 aliphatic carbocycles. The van der Waals surface area contributed by atoms with E-state index in [2.05, 4.69) is 10.5 Å². The molecule has 0 atom stereocenters. The first-order chi connectivity index (χ1) is 12.5. The fraction of sp³-hybridized carbons (Fsp3) is 0.105. The second-order valence-electron chi connectivity index (χ2n) is 5.53. The fourth-order valence-corrected chi connectivity index (χ4v) is 2.76. The van der Waals surface area contributed by atoms with Crippen molar-refractivity contribution in [2.75, 3.05) is 6.54 Å². The maximum atomic E-state index is 14.2. The lowest BCUT2D eigenvalue weighted by Gasteiger charge is -2.07. The minimum atomic E-state index is -0.625. The summed E-state index contributed by atoms with van der Waals surface area (Å²) in [5, 5.41) is 6.39. The van der Waals surface area contributed by atoms with Gasteiger partial charge in [-0.2, -0.15) is 0 Å². The number of benzene rings is 2. The van der Waals surface area contributed by atoms with Crippen LogP contribution in [-0.4, -0.2) is 23.4 Å². The summed E-state index contributed by atoms with van der Waals surface area (Å²) >= 11 is 6.05. The lowest BCUT2D eigenvalue weighted by Crippen LogP contribution is -2.30. The molecule has 0 saturated carbocycles. The first-order valence-electron chi connectivity index (χ1n) is 7.76. The Labute approximate surface area is 153 Å². The summed E-state index contributed by atoms with van der Waals surface area (Å²) in [6.45, 7) is 1.32. The number of nitrogens with zero attached hydrogens (tertiary/aromatic N) is 1. The third kappa shape index (κ3) is 3.50. The highest BCUT2D eigenvalue weighted by Crippen LogP contribution is 2.33. The lowest BCUT2D eigenvalue weighted by molar-refractivity contribution is 0.0903. The quantitative estimate of drug-likeness (QED) is 0.686. The van der Waals surface area contributed by atoms with Gasteiger partial charge in [-0.05, 0) is 19.1 Å². The second kappa shape index (κ2) is 7.49. The fourth-order valence-electron chi connectivity index (χ4n) is 2.51. The minimum absolute atomic E-state index is 0.00439. The predicted octanol–water partition coefficient (Wildman–Crippen LogP) is 4.06. The van der Waals surface area contributed by atoms with Gasteiger partial charge in [-0.15, -0.1) is 0 Å². The van der Waals surface area contributed by atoms with E-state index in [1.165, 1.54) is 25.1 Å². The molecule has 132 valence electrons. The summed E-state index contributed by atoms with van der Waals surface area (Å²) in [5.41, 5.74) is 0.492. The van der Waals surface area contributed by atoms with Crippen molar-refractivity contribution in [2.24, 2.45) is 0 Å². The van der Waals surface area contributed by atoms with Crippen LogP contribution in [0.2, 0.25) is 5.02 Å². The van der Waals surface area contributed by atoms with E-state index in [0.29, 0.717) is 5.56 Å². The summed E-state index contributed by atoms with van der Waals surface area (Å²) in [6, 6.07) is 12.7. The summed E-state index contributed by atoms with van der Waals surface area (Å²) in [6.07, 6.45) is 0. The van der Waals surface area contributed by atoms with Crippen molar-refractivity contribution in [1.82, 2.24) is 10.5 Å². The van der Waals surface area contributed by atoms with Gasteiger partial charge in [-0.1, -0.05) is 53.2 Å². The molecule has 0 fully saturated rings. The number of nitrogens with one attached hydrogen (secondary N) is 1. The zero-order valence-electron chi connectivity index (χ0n) is 13.8. The third-order valence-corrected chi connectivity index (χ3v) is 4.11. The van der Waals surface area contributed by atoms with E-state index >= 15 is 0 Å². The molecule has 0 spiro atoms. The average molecular weight is 373 g/mol. The van der Waals surface area contributed by atoms with Crippen molar-refractivity contribution >= 4 is 23.3 Å². The van der Waals surface area contributed by atoms with Gasteiger partial charge in [0.25, 0.3) is 5.91 Å². The van der Waals surface area contributed by atoms with E-state index in [1.807, 2.05) is 0 Å². The Kier molecular flexibility index (Phi) is 5.14. The Balaban J connectivity index is 1.85. The van der Waals surface area contributed by atoms with Crippen molar-refractivity contribution in [3.63, 3.8) is 0 Å². The SMILES string of the molecule is Cc1onc(-c2c(F)cccc2Cl)c1C(=O)NCC(=O)c1ccccc1.